The molecule has 0 saturated carbocycles. The van der Waals surface area contributed by atoms with Gasteiger partial charge in [0.05, 0.1) is 0 Å². The predicted molar refractivity (Wildman–Crippen MR) is 270 cm³/mol. The van der Waals surface area contributed by atoms with Gasteiger partial charge in [0, 0.05) is 19.3 Å². The quantitative estimate of drug-likeness (QED) is 0.0199. The second kappa shape index (κ2) is 51.7. The lowest BCUT2D eigenvalue weighted by Gasteiger charge is -2.18. The molecule has 364 valence electrons. The van der Waals surface area contributed by atoms with Crippen LogP contribution in [-0.4, -0.2) is 37.2 Å². The van der Waals surface area contributed by atoms with Gasteiger partial charge in [0.1, 0.15) is 13.2 Å². The Morgan fingerprint density at radius 2 is 0.667 bits per heavy atom. The average molecular weight is 881 g/mol. The molecule has 0 aromatic carbocycles. The van der Waals surface area contributed by atoms with E-state index in [0.717, 1.165) is 103 Å². The fraction of sp³-hybridized carbons (Fsp3) is 0.772. The highest BCUT2D eigenvalue weighted by Crippen LogP contribution is 2.15. The standard InChI is InChI=1S/C57H100O6/c1-4-7-10-13-16-19-22-25-28-30-32-35-38-41-44-47-50-56(59)62-53-54(52-61-55(58)49-46-43-40-37-34-31-27-24-21-18-15-12-9-6-3)63-57(60)51-48-45-42-39-36-33-29-26-23-20-17-14-11-8-5-2/h9,12,18,21,27-28,30-32,35,54H,4-8,10-11,13-17,19-20,22-26,29,33-34,36-53H2,1-3H3/b12-9-,21-18-,30-28-,31-27-,35-32-. The van der Waals surface area contributed by atoms with Crippen molar-refractivity contribution >= 4 is 17.9 Å². The molecule has 0 aliphatic carbocycles. The van der Waals surface area contributed by atoms with Crippen molar-refractivity contribution in [3.05, 3.63) is 60.8 Å². The smallest absolute Gasteiger partial charge is 0.306 e. The third-order valence-electron chi connectivity index (χ3n) is 11.5. The molecule has 0 heterocycles. The Labute approximate surface area is 390 Å². The molecular weight excluding hydrogens is 781 g/mol. The lowest BCUT2D eigenvalue weighted by atomic mass is 10.0. The van der Waals surface area contributed by atoms with Gasteiger partial charge in [0.25, 0.3) is 0 Å². The largest absolute Gasteiger partial charge is 0.462 e. The van der Waals surface area contributed by atoms with Gasteiger partial charge in [0.15, 0.2) is 6.10 Å². The van der Waals surface area contributed by atoms with E-state index in [2.05, 4.69) is 81.5 Å². The van der Waals surface area contributed by atoms with Crippen molar-refractivity contribution in [2.24, 2.45) is 0 Å². The molecule has 0 aliphatic rings. The minimum Gasteiger partial charge on any atom is -0.462 e. The molecule has 1 atom stereocenters. The first-order valence-electron chi connectivity index (χ1n) is 26.8. The summed E-state index contributed by atoms with van der Waals surface area (Å²) in [5.74, 6) is -0.931. The summed E-state index contributed by atoms with van der Waals surface area (Å²) in [6.07, 6.45) is 63.5. The van der Waals surface area contributed by atoms with Crippen molar-refractivity contribution in [1.29, 1.82) is 0 Å². The maximum Gasteiger partial charge on any atom is 0.306 e. The number of carbonyl (C=O) groups excluding carboxylic acids is 3. The Kier molecular flexibility index (Phi) is 49.4. The summed E-state index contributed by atoms with van der Waals surface area (Å²) in [6, 6.07) is 0. The first kappa shape index (κ1) is 60.1. The summed E-state index contributed by atoms with van der Waals surface area (Å²) >= 11 is 0. The van der Waals surface area contributed by atoms with Gasteiger partial charge >= 0.3 is 17.9 Å². The third-order valence-corrected chi connectivity index (χ3v) is 11.5. The van der Waals surface area contributed by atoms with Gasteiger partial charge in [-0.2, -0.15) is 0 Å². The number of allylic oxidation sites excluding steroid dienone is 10. The van der Waals surface area contributed by atoms with Crippen molar-refractivity contribution in [2.75, 3.05) is 13.2 Å². The minimum absolute atomic E-state index is 0.0926. The maximum atomic E-state index is 12.8. The number of carbonyl (C=O) groups is 3. The fourth-order valence-corrected chi connectivity index (χ4v) is 7.51. The molecule has 0 aliphatic heterocycles. The van der Waals surface area contributed by atoms with Gasteiger partial charge in [0.2, 0.25) is 0 Å². The van der Waals surface area contributed by atoms with E-state index in [1.807, 2.05) is 0 Å². The van der Waals surface area contributed by atoms with Crippen LogP contribution < -0.4 is 0 Å². The molecule has 0 spiro atoms. The number of hydrogen-bond donors (Lipinski definition) is 0. The molecule has 0 aromatic rings. The molecular formula is C57H100O6. The van der Waals surface area contributed by atoms with E-state index < -0.39 is 6.10 Å². The average Bonchev–Trinajstić information content (AvgIpc) is 3.28. The first-order valence-corrected chi connectivity index (χ1v) is 26.8. The zero-order valence-electron chi connectivity index (χ0n) is 41.6. The van der Waals surface area contributed by atoms with Crippen LogP contribution in [0.15, 0.2) is 60.8 Å². The zero-order valence-corrected chi connectivity index (χ0v) is 41.6. The summed E-state index contributed by atoms with van der Waals surface area (Å²) in [7, 11) is 0. The number of rotatable bonds is 48. The van der Waals surface area contributed by atoms with Gasteiger partial charge in [-0.25, -0.2) is 0 Å². The zero-order chi connectivity index (χ0) is 45.8. The third kappa shape index (κ3) is 50.0. The number of unbranched alkanes of at least 4 members (excludes halogenated alkanes) is 28. The molecule has 0 fully saturated rings. The Hall–Kier alpha value is -2.89. The lowest BCUT2D eigenvalue weighted by molar-refractivity contribution is -0.167. The van der Waals surface area contributed by atoms with Crippen molar-refractivity contribution in [3.8, 4) is 0 Å². The molecule has 0 radical (unpaired) electrons. The van der Waals surface area contributed by atoms with Crippen LogP contribution in [-0.2, 0) is 28.6 Å². The van der Waals surface area contributed by atoms with Crippen LogP contribution in [0, 0.1) is 0 Å². The summed E-state index contributed by atoms with van der Waals surface area (Å²) < 4.78 is 16.8. The van der Waals surface area contributed by atoms with E-state index in [-0.39, 0.29) is 31.1 Å². The molecule has 0 saturated heterocycles. The SMILES string of the molecule is CC/C=C\C/C=C\C/C=C\CCCCCCC(=O)OCC(COC(=O)CCCCC/C=C\C=C/CCCCCCCCC)OC(=O)CCCCCCCCCCCCCCCCC. The van der Waals surface area contributed by atoms with Crippen molar-refractivity contribution in [1.82, 2.24) is 0 Å². The molecule has 0 amide bonds. The van der Waals surface area contributed by atoms with E-state index in [1.54, 1.807) is 0 Å². The Balaban J connectivity index is 4.44. The minimum atomic E-state index is -0.792. The van der Waals surface area contributed by atoms with Crippen LogP contribution in [0.2, 0.25) is 0 Å². The lowest BCUT2D eigenvalue weighted by Crippen LogP contribution is -2.30. The van der Waals surface area contributed by atoms with Crippen LogP contribution in [0.4, 0.5) is 0 Å². The Bertz CT molecular complexity index is 1150. The molecule has 0 bridgehead atoms. The Morgan fingerprint density at radius 1 is 0.349 bits per heavy atom. The summed E-state index contributed by atoms with van der Waals surface area (Å²) in [5.41, 5.74) is 0. The van der Waals surface area contributed by atoms with Gasteiger partial charge in [-0.15, -0.1) is 0 Å². The van der Waals surface area contributed by atoms with Gasteiger partial charge in [-0.3, -0.25) is 14.4 Å². The second-order valence-corrected chi connectivity index (χ2v) is 17.8. The molecule has 6 nitrogen and oxygen atoms in total. The maximum absolute atomic E-state index is 12.8. The topological polar surface area (TPSA) is 78.9 Å². The van der Waals surface area contributed by atoms with Crippen LogP contribution >= 0.6 is 0 Å². The van der Waals surface area contributed by atoms with Crippen LogP contribution in [0.1, 0.15) is 265 Å². The predicted octanol–water partition coefficient (Wildman–Crippen LogP) is 17.6. The highest BCUT2D eigenvalue weighted by molar-refractivity contribution is 5.71. The monoisotopic (exact) mass is 881 g/mol. The van der Waals surface area contributed by atoms with E-state index in [1.165, 1.54) is 122 Å². The number of ether oxygens (including phenoxy) is 3. The van der Waals surface area contributed by atoms with Crippen LogP contribution in [0.25, 0.3) is 0 Å². The van der Waals surface area contributed by atoms with Crippen molar-refractivity contribution < 1.29 is 28.6 Å². The molecule has 6 heteroatoms. The second-order valence-electron chi connectivity index (χ2n) is 17.8. The molecule has 0 N–H and O–H groups in total. The normalized spacial score (nSPS) is 12.5. The van der Waals surface area contributed by atoms with E-state index in [4.69, 9.17) is 14.2 Å². The van der Waals surface area contributed by atoms with Crippen molar-refractivity contribution in [3.63, 3.8) is 0 Å². The van der Waals surface area contributed by atoms with Crippen LogP contribution in [0.3, 0.4) is 0 Å². The highest BCUT2D eigenvalue weighted by Gasteiger charge is 2.19. The summed E-state index contributed by atoms with van der Waals surface area (Å²) in [6.45, 7) is 6.49. The van der Waals surface area contributed by atoms with Gasteiger partial charge < -0.3 is 14.2 Å². The number of esters is 3. The molecule has 63 heavy (non-hydrogen) atoms. The van der Waals surface area contributed by atoms with E-state index in [0.29, 0.717) is 19.3 Å². The van der Waals surface area contributed by atoms with Crippen molar-refractivity contribution in [2.45, 2.75) is 271 Å². The summed E-state index contributed by atoms with van der Waals surface area (Å²) in [4.78, 5) is 38.0. The van der Waals surface area contributed by atoms with Gasteiger partial charge in [-0.05, 0) is 77.0 Å². The molecule has 0 aromatic heterocycles. The van der Waals surface area contributed by atoms with Crippen LogP contribution in [0.5, 0.6) is 0 Å². The first-order chi connectivity index (χ1) is 31.0. The molecule has 1 unspecified atom stereocenters. The van der Waals surface area contributed by atoms with E-state index in [9.17, 15) is 14.4 Å². The van der Waals surface area contributed by atoms with Gasteiger partial charge in [-0.1, -0.05) is 229 Å². The fourth-order valence-electron chi connectivity index (χ4n) is 7.51. The Morgan fingerprint density at radius 3 is 1.08 bits per heavy atom. The molecule has 0 rings (SSSR count). The van der Waals surface area contributed by atoms with E-state index >= 15 is 0 Å². The highest BCUT2D eigenvalue weighted by atomic mass is 16.6. The number of hydrogen-bond acceptors (Lipinski definition) is 6. The summed E-state index contributed by atoms with van der Waals surface area (Å²) in [5, 5.41) is 0.